The molecule has 3 atom stereocenters. The molecule has 6 heteroatoms. The molecule has 6 nitrogen and oxygen atoms in total. The van der Waals surface area contributed by atoms with E-state index in [2.05, 4.69) is 36.3 Å². The van der Waals surface area contributed by atoms with Crippen LogP contribution in [0.2, 0.25) is 0 Å². The molecule has 2 saturated heterocycles. The highest BCUT2D eigenvalue weighted by Crippen LogP contribution is 2.35. The van der Waals surface area contributed by atoms with E-state index in [-0.39, 0.29) is 29.5 Å². The van der Waals surface area contributed by atoms with E-state index in [9.17, 15) is 14.7 Å². The lowest BCUT2D eigenvalue weighted by Gasteiger charge is -2.47. The number of likely N-dealkylation sites (tertiary alicyclic amines) is 1. The predicted molar refractivity (Wildman–Crippen MR) is 134 cm³/mol. The Morgan fingerprint density at radius 1 is 1.06 bits per heavy atom. The summed E-state index contributed by atoms with van der Waals surface area (Å²) in [6, 6.07) is 15.8. The van der Waals surface area contributed by atoms with E-state index in [0.717, 1.165) is 30.8 Å². The summed E-state index contributed by atoms with van der Waals surface area (Å²) >= 11 is 0. The number of nitrogens with zero attached hydrogens (tertiary/aromatic N) is 3. The molecule has 2 aromatic carbocycles. The molecule has 180 valence electrons. The molecule has 2 aliphatic heterocycles. The van der Waals surface area contributed by atoms with Crippen molar-refractivity contribution in [3.05, 3.63) is 77.9 Å². The molecule has 0 aromatic heterocycles. The van der Waals surface area contributed by atoms with Gasteiger partial charge in [-0.25, -0.2) is 0 Å². The van der Waals surface area contributed by atoms with Gasteiger partial charge in [0.05, 0.1) is 6.04 Å². The molecule has 1 unspecified atom stereocenters. The molecule has 1 N–H and O–H groups in total. The van der Waals surface area contributed by atoms with Gasteiger partial charge in [-0.05, 0) is 49.2 Å². The van der Waals surface area contributed by atoms with Gasteiger partial charge in [0.1, 0.15) is 11.5 Å². The quantitative estimate of drug-likeness (QED) is 0.662. The number of Topliss-reactive ketones (excluding diaryl/α,β-unsaturated/α-hetero) is 1. The van der Waals surface area contributed by atoms with Gasteiger partial charge in [0, 0.05) is 63.2 Å². The first-order chi connectivity index (χ1) is 16.4. The average Bonchev–Trinajstić information content (AvgIpc) is 2.83. The number of ketones is 1. The fraction of sp³-hybridized carbons (Fsp3) is 0.429. The van der Waals surface area contributed by atoms with Crippen molar-refractivity contribution in [1.29, 1.82) is 0 Å². The third-order valence-corrected chi connectivity index (χ3v) is 7.10. The van der Waals surface area contributed by atoms with Crippen LogP contribution in [-0.4, -0.2) is 76.3 Å². The summed E-state index contributed by atoms with van der Waals surface area (Å²) in [5.74, 6) is 0.431. The first-order valence-electron chi connectivity index (χ1n) is 12.2. The second kappa shape index (κ2) is 10.5. The van der Waals surface area contributed by atoms with Crippen molar-refractivity contribution < 1.29 is 14.7 Å². The summed E-state index contributed by atoms with van der Waals surface area (Å²) in [6.07, 6.45) is 2.82. The average molecular weight is 462 g/mol. The van der Waals surface area contributed by atoms with E-state index >= 15 is 0 Å². The third-order valence-electron chi connectivity index (χ3n) is 7.10. The first kappa shape index (κ1) is 24.2. The molecule has 2 fully saturated rings. The lowest BCUT2D eigenvalue weighted by molar-refractivity contribution is -0.120. The smallest absolute Gasteiger partial charge is 0.253 e. The maximum absolute atomic E-state index is 13.2. The molecule has 2 heterocycles. The summed E-state index contributed by atoms with van der Waals surface area (Å²) in [5, 5.41) is 10.2. The molecular formula is C28H35N3O3. The molecule has 2 aromatic rings. The number of hydrogen-bond acceptors (Lipinski definition) is 5. The van der Waals surface area contributed by atoms with Gasteiger partial charge in [-0.3, -0.25) is 19.4 Å². The van der Waals surface area contributed by atoms with Crippen LogP contribution in [0.25, 0.3) is 0 Å². The summed E-state index contributed by atoms with van der Waals surface area (Å²) in [5.41, 5.74) is 2.67. The minimum Gasteiger partial charge on any atom is -0.508 e. The van der Waals surface area contributed by atoms with E-state index in [1.54, 1.807) is 11.0 Å². The molecule has 0 radical (unpaired) electrons. The Morgan fingerprint density at radius 2 is 1.74 bits per heavy atom. The number of carbonyl (C=O) groups excluding carboxylic acids is 2. The molecular weight excluding hydrogens is 426 g/mol. The molecule has 0 saturated carbocycles. The zero-order valence-corrected chi connectivity index (χ0v) is 20.2. The Morgan fingerprint density at radius 3 is 2.41 bits per heavy atom. The fourth-order valence-electron chi connectivity index (χ4n) is 5.26. The lowest BCUT2D eigenvalue weighted by atomic mass is 9.92. The van der Waals surface area contributed by atoms with Crippen LogP contribution in [0.3, 0.4) is 0 Å². The number of benzene rings is 2. The van der Waals surface area contributed by atoms with Gasteiger partial charge in [0.25, 0.3) is 5.91 Å². The van der Waals surface area contributed by atoms with Crippen LogP contribution in [0.4, 0.5) is 0 Å². The van der Waals surface area contributed by atoms with Gasteiger partial charge in [-0.15, -0.1) is 6.58 Å². The highest BCUT2D eigenvalue weighted by Gasteiger charge is 2.35. The number of phenolic OH excluding ortho intramolecular Hbond substituents is 1. The number of rotatable bonds is 6. The van der Waals surface area contributed by atoms with Gasteiger partial charge in [0.2, 0.25) is 0 Å². The second-order valence-electron chi connectivity index (χ2n) is 9.59. The topological polar surface area (TPSA) is 64.1 Å². The molecule has 0 spiro atoms. The van der Waals surface area contributed by atoms with Crippen molar-refractivity contribution in [1.82, 2.24) is 14.7 Å². The van der Waals surface area contributed by atoms with Crippen LogP contribution < -0.4 is 0 Å². The van der Waals surface area contributed by atoms with E-state index in [1.165, 1.54) is 0 Å². The Labute approximate surface area is 202 Å². The van der Waals surface area contributed by atoms with Gasteiger partial charge in [0.15, 0.2) is 0 Å². The van der Waals surface area contributed by atoms with Crippen molar-refractivity contribution in [2.75, 3.05) is 32.7 Å². The fourth-order valence-corrected chi connectivity index (χ4v) is 5.26. The summed E-state index contributed by atoms with van der Waals surface area (Å²) in [4.78, 5) is 31.5. The summed E-state index contributed by atoms with van der Waals surface area (Å²) < 4.78 is 0. The number of aromatic hydroxyl groups is 1. The van der Waals surface area contributed by atoms with Gasteiger partial charge >= 0.3 is 0 Å². The lowest BCUT2D eigenvalue weighted by Crippen LogP contribution is -2.57. The minimum absolute atomic E-state index is 0.0266. The van der Waals surface area contributed by atoms with Crippen molar-refractivity contribution in [2.45, 2.75) is 44.8 Å². The highest BCUT2D eigenvalue weighted by atomic mass is 16.3. The standard InChI is InChI=1S/C28H35N3O3/c1-4-13-30-18-21(3)31(19-20(30)2)27(23-8-6-10-26(33)17-23)22-7-5-9-24(16-22)28(34)29-14-11-25(32)12-15-29/h4-10,16-17,20-21,27,33H,1,11-15,18-19H2,2-3H3/t20-,21-,27?/m1/s1. The highest BCUT2D eigenvalue weighted by molar-refractivity contribution is 5.95. The molecule has 0 aliphatic carbocycles. The number of hydrogen-bond donors (Lipinski definition) is 1. The molecule has 1 amide bonds. The number of phenols is 1. The van der Waals surface area contributed by atoms with Gasteiger partial charge in [-0.1, -0.05) is 30.3 Å². The van der Waals surface area contributed by atoms with Crippen LogP contribution in [0.5, 0.6) is 5.75 Å². The van der Waals surface area contributed by atoms with Gasteiger partial charge in [-0.2, -0.15) is 0 Å². The molecule has 2 aliphatic rings. The van der Waals surface area contributed by atoms with Crippen molar-refractivity contribution in [2.24, 2.45) is 0 Å². The number of amides is 1. The SMILES string of the molecule is C=CCN1C[C@@H](C)N(C(c2cccc(O)c2)c2cccc(C(=O)N3CCC(=O)CC3)c2)C[C@H]1C. The van der Waals surface area contributed by atoms with Crippen LogP contribution >= 0.6 is 0 Å². The van der Waals surface area contributed by atoms with Crippen LogP contribution in [0.1, 0.15) is 54.2 Å². The molecule has 4 rings (SSSR count). The second-order valence-corrected chi connectivity index (χ2v) is 9.59. The minimum atomic E-state index is -0.0916. The van der Waals surface area contributed by atoms with Crippen LogP contribution in [-0.2, 0) is 4.79 Å². The van der Waals surface area contributed by atoms with Crippen LogP contribution in [0.15, 0.2) is 61.2 Å². The summed E-state index contributed by atoms with van der Waals surface area (Å²) in [7, 11) is 0. The van der Waals surface area contributed by atoms with E-state index in [4.69, 9.17) is 0 Å². The van der Waals surface area contributed by atoms with Crippen LogP contribution in [0, 0.1) is 0 Å². The van der Waals surface area contributed by atoms with Gasteiger partial charge < -0.3 is 10.0 Å². The van der Waals surface area contributed by atoms with E-state index in [0.29, 0.717) is 37.5 Å². The van der Waals surface area contributed by atoms with E-state index in [1.807, 2.05) is 42.5 Å². The molecule has 0 bridgehead atoms. The van der Waals surface area contributed by atoms with Crippen molar-refractivity contribution in [3.8, 4) is 5.75 Å². The monoisotopic (exact) mass is 461 g/mol. The summed E-state index contributed by atoms with van der Waals surface area (Å²) in [6.45, 7) is 12.0. The van der Waals surface area contributed by atoms with Crippen molar-refractivity contribution in [3.63, 3.8) is 0 Å². The maximum Gasteiger partial charge on any atom is 0.253 e. The normalized spacial score (nSPS) is 23.0. The van der Waals surface area contributed by atoms with Crippen molar-refractivity contribution >= 4 is 11.7 Å². The Balaban J connectivity index is 1.68. The Hall–Kier alpha value is -2.96. The maximum atomic E-state index is 13.2. The zero-order valence-electron chi connectivity index (χ0n) is 20.2. The third kappa shape index (κ3) is 5.24. The zero-order chi connectivity index (χ0) is 24.2. The predicted octanol–water partition coefficient (Wildman–Crippen LogP) is 3.87. The molecule has 34 heavy (non-hydrogen) atoms. The number of carbonyl (C=O) groups is 2. The van der Waals surface area contributed by atoms with E-state index < -0.39 is 0 Å². The first-order valence-corrected chi connectivity index (χ1v) is 12.2. The largest absolute Gasteiger partial charge is 0.508 e. The number of piperazine rings is 1. The Kier molecular flexibility index (Phi) is 7.49. The Bertz CT molecular complexity index is 1040. The number of piperidine rings is 1.